The number of hydrogen-bond acceptors (Lipinski definition) is 3. The van der Waals surface area contributed by atoms with Gasteiger partial charge in [-0.05, 0) is 42.9 Å². The molecule has 0 aromatic carbocycles. The molecule has 0 radical (unpaired) electrons. The van der Waals surface area contributed by atoms with Crippen LogP contribution in [0.1, 0.15) is 58.8 Å². The third-order valence-electron chi connectivity index (χ3n) is 6.01. The van der Waals surface area contributed by atoms with Gasteiger partial charge in [0.15, 0.2) is 6.61 Å². The summed E-state index contributed by atoms with van der Waals surface area (Å²) < 4.78 is 5.25. The predicted octanol–water partition coefficient (Wildman–Crippen LogP) is 2.97. The van der Waals surface area contributed by atoms with Gasteiger partial charge < -0.3 is 10.1 Å². The molecular weight excluding hydrogens is 278 g/mol. The van der Waals surface area contributed by atoms with E-state index in [1.165, 1.54) is 19.3 Å². The summed E-state index contributed by atoms with van der Waals surface area (Å²) in [4.78, 5) is 24.2. The molecule has 0 aromatic rings. The molecule has 1 amide bonds. The number of fused-ring (bicyclic) bond motifs is 1. The molecule has 1 N–H and O–H groups in total. The molecule has 2 saturated carbocycles. The van der Waals surface area contributed by atoms with Crippen molar-refractivity contribution < 1.29 is 14.3 Å². The molecule has 0 saturated heterocycles. The van der Waals surface area contributed by atoms with Crippen LogP contribution in [0.25, 0.3) is 0 Å². The lowest BCUT2D eigenvalue weighted by atomic mass is 9.49. The number of carbonyl (C=O) groups is 2. The molecule has 4 aliphatic rings. The average Bonchev–Trinajstić information content (AvgIpc) is 2.53. The first-order valence-corrected chi connectivity index (χ1v) is 8.65. The number of ether oxygens (including phenoxy) is 1. The van der Waals surface area contributed by atoms with Gasteiger partial charge in [-0.1, -0.05) is 39.2 Å². The van der Waals surface area contributed by atoms with Crippen LogP contribution >= 0.6 is 0 Å². The van der Waals surface area contributed by atoms with Crippen LogP contribution in [0.15, 0.2) is 11.6 Å². The smallest absolute Gasteiger partial charge is 0.334 e. The van der Waals surface area contributed by atoms with Gasteiger partial charge in [0.05, 0.1) is 0 Å². The van der Waals surface area contributed by atoms with Crippen LogP contribution < -0.4 is 5.32 Å². The second kappa shape index (κ2) is 6.05. The summed E-state index contributed by atoms with van der Waals surface area (Å²) in [7, 11) is 0. The van der Waals surface area contributed by atoms with Crippen molar-refractivity contribution in [3.63, 3.8) is 0 Å². The highest BCUT2D eigenvalue weighted by Crippen LogP contribution is 2.59. The maximum Gasteiger partial charge on any atom is 0.334 e. The largest absolute Gasteiger partial charge is 0.452 e. The van der Waals surface area contributed by atoms with Crippen LogP contribution in [-0.2, 0) is 14.3 Å². The summed E-state index contributed by atoms with van der Waals surface area (Å²) in [5, 5.41) is 2.98. The first-order chi connectivity index (χ1) is 10.5. The summed E-state index contributed by atoms with van der Waals surface area (Å²) in [6.45, 7) is 4.30. The zero-order valence-electron chi connectivity index (χ0n) is 13.7. The molecule has 0 aromatic heterocycles. The quantitative estimate of drug-likeness (QED) is 0.812. The van der Waals surface area contributed by atoms with Gasteiger partial charge in [-0.15, -0.1) is 0 Å². The van der Waals surface area contributed by atoms with Crippen LogP contribution in [0.3, 0.4) is 0 Å². The highest BCUT2D eigenvalue weighted by Gasteiger charge is 2.53. The van der Waals surface area contributed by atoms with Gasteiger partial charge in [0, 0.05) is 11.6 Å². The Morgan fingerprint density at radius 1 is 1.27 bits per heavy atom. The molecule has 0 spiro atoms. The molecule has 2 unspecified atom stereocenters. The van der Waals surface area contributed by atoms with E-state index in [0.717, 1.165) is 31.3 Å². The summed E-state index contributed by atoms with van der Waals surface area (Å²) in [5.41, 5.74) is 0.992. The van der Waals surface area contributed by atoms with Crippen molar-refractivity contribution in [2.24, 2.45) is 17.3 Å². The van der Waals surface area contributed by atoms with E-state index >= 15 is 0 Å². The SMILES string of the molecule is CC1(C)C2CC=C(C(=O)OCC(=O)NC3CCCCC3)C1C2. The fourth-order valence-corrected chi connectivity index (χ4v) is 4.31. The normalized spacial score (nSPS) is 30.0. The fourth-order valence-electron chi connectivity index (χ4n) is 4.31. The summed E-state index contributed by atoms with van der Waals surface area (Å²) in [6, 6.07) is 0.264. The number of esters is 1. The molecule has 122 valence electrons. The fraction of sp³-hybridized carbons (Fsp3) is 0.778. The van der Waals surface area contributed by atoms with Crippen LogP contribution in [0.4, 0.5) is 0 Å². The molecular formula is C18H27NO3. The number of nitrogens with one attached hydrogen (secondary N) is 1. The summed E-state index contributed by atoms with van der Waals surface area (Å²) in [6.07, 6.45) is 9.76. The molecule has 2 fully saturated rings. The van der Waals surface area contributed by atoms with Gasteiger partial charge in [-0.25, -0.2) is 4.79 Å². The summed E-state index contributed by atoms with van der Waals surface area (Å²) in [5.74, 6) is 0.543. The Labute approximate surface area is 132 Å². The number of rotatable bonds is 4. The lowest BCUT2D eigenvalue weighted by Crippen LogP contribution is -2.49. The van der Waals surface area contributed by atoms with Crippen molar-refractivity contribution >= 4 is 11.9 Å². The second-order valence-electron chi connectivity index (χ2n) is 7.68. The minimum Gasteiger partial charge on any atom is -0.452 e. The van der Waals surface area contributed by atoms with Gasteiger partial charge in [-0.3, -0.25) is 4.79 Å². The van der Waals surface area contributed by atoms with E-state index < -0.39 is 0 Å². The Balaban J connectivity index is 1.46. The Morgan fingerprint density at radius 3 is 2.64 bits per heavy atom. The molecule has 22 heavy (non-hydrogen) atoms. The Morgan fingerprint density at radius 2 is 2.00 bits per heavy atom. The van der Waals surface area contributed by atoms with Crippen LogP contribution in [0.2, 0.25) is 0 Å². The molecule has 0 aliphatic heterocycles. The van der Waals surface area contributed by atoms with Crippen molar-refractivity contribution in [2.75, 3.05) is 6.61 Å². The number of carbonyl (C=O) groups excluding carboxylic acids is 2. The Hall–Kier alpha value is -1.32. The predicted molar refractivity (Wildman–Crippen MR) is 84.1 cm³/mol. The molecule has 4 heteroatoms. The lowest BCUT2D eigenvalue weighted by molar-refractivity contribution is -0.148. The third kappa shape index (κ3) is 2.92. The zero-order chi connectivity index (χ0) is 15.7. The zero-order valence-corrected chi connectivity index (χ0v) is 13.7. The monoisotopic (exact) mass is 305 g/mol. The van der Waals surface area contributed by atoms with E-state index in [1.807, 2.05) is 6.08 Å². The standard InChI is InChI=1S/C18H27NO3/c1-18(2)12-8-9-14(15(18)10-12)17(21)22-11-16(20)19-13-6-4-3-5-7-13/h9,12-13,15H,3-8,10-11H2,1-2H3,(H,19,20). The third-order valence-corrected chi connectivity index (χ3v) is 6.01. The molecule has 4 nitrogen and oxygen atoms in total. The van der Waals surface area contributed by atoms with Crippen LogP contribution in [0.5, 0.6) is 0 Å². The first-order valence-electron chi connectivity index (χ1n) is 8.65. The minimum absolute atomic E-state index is 0.150. The van der Waals surface area contributed by atoms with Crippen molar-refractivity contribution in [1.29, 1.82) is 0 Å². The Bertz CT molecular complexity index is 489. The minimum atomic E-state index is -0.296. The molecule has 4 rings (SSSR count). The van der Waals surface area contributed by atoms with Crippen molar-refractivity contribution in [3.05, 3.63) is 11.6 Å². The lowest BCUT2D eigenvalue weighted by Gasteiger charge is -2.55. The maximum absolute atomic E-state index is 12.2. The highest BCUT2D eigenvalue weighted by atomic mass is 16.5. The van der Waals surface area contributed by atoms with Crippen LogP contribution in [-0.4, -0.2) is 24.5 Å². The van der Waals surface area contributed by atoms with Gasteiger partial charge in [-0.2, -0.15) is 0 Å². The topological polar surface area (TPSA) is 55.4 Å². The Kier molecular flexibility index (Phi) is 4.28. The van der Waals surface area contributed by atoms with E-state index in [-0.39, 0.29) is 29.9 Å². The number of allylic oxidation sites excluding steroid dienone is 1. The van der Waals surface area contributed by atoms with Crippen LogP contribution in [0, 0.1) is 17.3 Å². The van der Waals surface area contributed by atoms with Crippen molar-refractivity contribution in [1.82, 2.24) is 5.32 Å². The van der Waals surface area contributed by atoms with Crippen molar-refractivity contribution in [2.45, 2.75) is 64.8 Å². The van der Waals surface area contributed by atoms with Gasteiger partial charge >= 0.3 is 5.97 Å². The van der Waals surface area contributed by atoms with E-state index in [1.54, 1.807) is 0 Å². The van der Waals surface area contributed by atoms with E-state index in [4.69, 9.17) is 4.74 Å². The molecule has 4 aliphatic carbocycles. The van der Waals surface area contributed by atoms with Gasteiger partial charge in [0.1, 0.15) is 0 Å². The number of amides is 1. The first kappa shape index (κ1) is 15.6. The molecule has 2 bridgehead atoms. The van der Waals surface area contributed by atoms with E-state index in [9.17, 15) is 9.59 Å². The summed E-state index contributed by atoms with van der Waals surface area (Å²) >= 11 is 0. The second-order valence-corrected chi connectivity index (χ2v) is 7.68. The molecule has 0 heterocycles. The van der Waals surface area contributed by atoms with Gasteiger partial charge in [0.2, 0.25) is 0 Å². The average molecular weight is 305 g/mol. The number of hydrogen-bond donors (Lipinski definition) is 1. The highest BCUT2D eigenvalue weighted by molar-refractivity contribution is 5.91. The maximum atomic E-state index is 12.2. The molecule has 2 atom stereocenters. The van der Waals surface area contributed by atoms with E-state index in [2.05, 4.69) is 19.2 Å². The van der Waals surface area contributed by atoms with Crippen molar-refractivity contribution in [3.8, 4) is 0 Å². The van der Waals surface area contributed by atoms with E-state index in [0.29, 0.717) is 11.8 Å². The van der Waals surface area contributed by atoms with Gasteiger partial charge in [0.25, 0.3) is 5.91 Å².